The zero-order valence-corrected chi connectivity index (χ0v) is 14.0. The van der Waals surface area contributed by atoms with E-state index in [4.69, 9.17) is 5.73 Å². The molecule has 0 bridgehead atoms. The highest BCUT2D eigenvalue weighted by molar-refractivity contribution is 7.89. The van der Waals surface area contributed by atoms with Crippen LogP contribution in [-0.4, -0.2) is 40.0 Å². The van der Waals surface area contributed by atoms with Crippen LogP contribution in [0.2, 0.25) is 0 Å². The van der Waals surface area contributed by atoms with Crippen LogP contribution in [0.3, 0.4) is 0 Å². The Bertz CT molecular complexity index is 600. The Hall–Kier alpha value is -1.18. The van der Waals surface area contributed by atoms with Gasteiger partial charge in [0.2, 0.25) is 10.0 Å². The van der Waals surface area contributed by atoms with Crippen molar-refractivity contribution in [3.05, 3.63) is 23.5 Å². The van der Waals surface area contributed by atoms with Crippen LogP contribution in [0.1, 0.15) is 19.4 Å². The number of nitrogens with zero attached hydrogens (tertiary/aromatic N) is 1. The SMILES string of the molecule is Cc1cc(N)cc(S(=O)(=O)NC(CN(C)C)C(C)C)c1F. The van der Waals surface area contributed by atoms with Gasteiger partial charge in [-0.2, -0.15) is 0 Å². The van der Waals surface area contributed by atoms with E-state index in [1.54, 1.807) is 0 Å². The first kappa shape index (κ1) is 17.9. The first-order chi connectivity index (χ1) is 9.54. The van der Waals surface area contributed by atoms with Crippen LogP contribution in [0.25, 0.3) is 0 Å². The van der Waals surface area contributed by atoms with Crippen LogP contribution in [0.5, 0.6) is 0 Å². The van der Waals surface area contributed by atoms with Gasteiger partial charge in [-0.3, -0.25) is 0 Å². The first-order valence-electron chi connectivity index (χ1n) is 6.77. The van der Waals surface area contributed by atoms with Crippen molar-refractivity contribution in [1.29, 1.82) is 0 Å². The predicted molar refractivity (Wildman–Crippen MR) is 83.1 cm³/mol. The number of sulfonamides is 1. The van der Waals surface area contributed by atoms with E-state index in [2.05, 4.69) is 4.72 Å². The van der Waals surface area contributed by atoms with E-state index in [1.807, 2.05) is 32.8 Å². The number of nitrogen functional groups attached to an aromatic ring is 1. The molecule has 1 atom stereocenters. The van der Waals surface area contributed by atoms with Crippen molar-refractivity contribution in [3.63, 3.8) is 0 Å². The number of halogens is 1. The van der Waals surface area contributed by atoms with Gasteiger partial charge in [0.25, 0.3) is 0 Å². The van der Waals surface area contributed by atoms with Gasteiger partial charge >= 0.3 is 0 Å². The Morgan fingerprint density at radius 3 is 2.38 bits per heavy atom. The molecule has 0 spiro atoms. The minimum Gasteiger partial charge on any atom is -0.399 e. The number of aryl methyl sites for hydroxylation is 1. The molecule has 120 valence electrons. The summed E-state index contributed by atoms with van der Waals surface area (Å²) in [7, 11) is -0.245. The minimum absolute atomic E-state index is 0.0763. The number of hydrogen-bond donors (Lipinski definition) is 2. The molecule has 0 radical (unpaired) electrons. The molecule has 5 nitrogen and oxygen atoms in total. The number of nitrogens with one attached hydrogen (secondary N) is 1. The Morgan fingerprint density at radius 2 is 1.90 bits per heavy atom. The molecule has 1 aromatic carbocycles. The van der Waals surface area contributed by atoms with Gasteiger partial charge in [-0.05, 0) is 44.6 Å². The Labute approximate surface area is 126 Å². The van der Waals surface area contributed by atoms with E-state index in [0.29, 0.717) is 6.54 Å². The predicted octanol–water partition coefficient (Wildman–Crippen LogP) is 1.58. The molecule has 0 aliphatic carbocycles. The summed E-state index contributed by atoms with van der Waals surface area (Å²) in [6, 6.07) is 2.25. The second-order valence-corrected chi connectivity index (χ2v) is 7.57. The van der Waals surface area contributed by atoms with Gasteiger partial charge < -0.3 is 10.6 Å². The molecular formula is C14H24FN3O2S. The second-order valence-electron chi connectivity index (χ2n) is 5.88. The van der Waals surface area contributed by atoms with E-state index >= 15 is 0 Å². The second kappa shape index (κ2) is 6.72. The quantitative estimate of drug-likeness (QED) is 0.781. The van der Waals surface area contributed by atoms with Gasteiger partial charge in [-0.25, -0.2) is 17.5 Å². The normalized spacial score (nSPS) is 13.9. The summed E-state index contributed by atoms with van der Waals surface area (Å²) in [5, 5.41) is 0. The first-order valence-corrected chi connectivity index (χ1v) is 8.25. The molecule has 21 heavy (non-hydrogen) atoms. The average Bonchev–Trinajstić information content (AvgIpc) is 2.31. The van der Waals surface area contributed by atoms with Gasteiger partial charge in [0, 0.05) is 18.3 Å². The third kappa shape index (κ3) is 4.66. The molecular weight excluding hydrogens is 293 g/mol. The highest BCUT2D eigenvalue weighted by atomic mass is 32.2. The van der Waals surface area contributed by atoms with Gasteiger partial charge in [0.15, 0.2) is 0 Å². The number of rotatable bonds is 6. The third-order valence-corrected chi connectivity index (χ3v) is 4.70. The van der Waals surface area contributed by atoms with Crippen LogP contribution < -0.4 is 10.5 Å². The number of nitrogens with two attached hydrogens (primary N) is 1. The van der Waals surface area contributed by atoms with Crippen LogP contribution in [0, 0.1) is 18.7 Å². The molecule has 0 fully saturated rings. The van der Waals surface area contributed by atoms with Crippen LogP contribution >= 0.6 is 0 Å². The molecule has 0 aliphatic rings. The van der Waals surface area contributed by atoms with Crippen LogP contribution in [0.4, 0.5) is 10.1 Å². The summed E-state index contributed by atoms with van der Waals surface area (Å²) >= 11 is 0. The maximum Gasteiger partial charge on any atom is 0.243 e. The molecule has 7 heteroatoms. The number of hydrogen-bond acceptors (Lipinski definition) is 4. The van der Waals surface area contributed by atoms with Crippen molar-refractivity contribution >= 4 is 15.7 Å². The van der Waals surface area contributed by atoms with E-state index in [9.17, 15) is 12.8 Å². The monoisotopic (exact) mass is 317 g/mol. The van der Waals surface area contributed by atoms with Gasteiger partial charge in [-0.15, -0.1) is 0 Å². The summed E-state index contributed by atoms with van der Waals surface area (Å²) in [5.41, 5.74) is 6.07. The molecule has 1 unspecified atom stereocenters. The molecule has 0 aromatic heterocycles. The summed E-state index contributed by atoms with van der Waals surface area (Å²) in [6.07, 6.45) is 0. The molecule has 0 heterocycles. The standard InChI is InChI=1S/C14H24FN3O2S/c1-9(2)12(8-18(4)5)17-21(19,20)13-7-11(16)6-10(3)14(13)15/h6-7,9,12,17H,8,16H2,1-5H3. The fraction of sp³-hybridized carbons (Fsp3) is 0.571. The lowest BCUT2D eigenvalue weighted by atomic mass is 10.1. The molecule has 0 saturated heterocycles. The smallest absolute Gasteiger partial charge is 0.243 e. The lowest BCUT2D eigenvalue weighted by molar-refractivity contribution is 0.314. The van der Waals surface area contributed by atoms with Crippen molar-refractivity contribution < 1.29 is 12.8 Å². The maximum absolute atomic E-state index is 14.1. The minimum atomic E-state index is -3.96. The number of likely N-dealkylation sites (N-methyl/N-ethyl adjacent to an activating group) is 1. The van der Waals surface area contributed by atoms with Crippen molar-refractivity contribution in [1.82, 2.24) is 9.62 Å². The molecule has 1 rings (SSSR count). The number of benzene rings is 1. The molecule has 1 aromatic rings. The fourth-order valence-electron chi connectivity index (χ4n) is 2.00. The van der Waals surface area contributed by atoms with Gasteiger partial charge in [0.05, 0.1) is 0 Å². The van der Waals surface area contributed by atoms with Gasteiger partial charge in [0.1, 0.15) is 10.7 Å². The van der Waals surface area contributed by atoms with Crippen molar-refractivity contribution in [3.8, 4) is 0 Å². The highest BCUT2D eigenvalue weighted by Crippen LogP contribution is 2.22. The lowest BCUT2D eigenvalue weighted by Crippen LogP contribution is -2.45. The molecule has 0 aliphatic heterocycles. The third-order valence-electron chi connectivity index (χ3n) is 3.21. The lowest BCUT2D eigenvalue weighted by Gasteiger charge is -2.25. The summed E-state index contributed by atoms with van der Waals surface area (Å²) in [6.45, 7) is 5.85. The highest BCUT2D eigenvalue weighted by Gasteiger charge is 2.26. The Kier molecular flexibility index (Phi) is 5.72. The fourth-order valence-corrected chi connectivity index (χ4v) is 3.56. The summed E-state index contributed by atoms with van der Waals surface area (Å²) in [5.74, 6) is -0.684. The van der Waals surface area contributed by atoms with Crippen molar-refractivity contribution in [2.75, 3.05) is 26.4 Å². The molecule has 3 N–H and O–H groups in total. The van der Waals surface area contributed by atoms with E-state index in [-0.39, 0.29) is 23.2 Å². The maximum atomic E-state index is 14.1. The average molecular weight is 317 g/mol. The Morgan fingerprint density at radius 1 is 1.33 bits per heavy atom. The summed E-state index contributed by atoms with van der Waals surface area (Å²) < 4.78 is 41.5. The Balaban J connectivity index is 3.16. The zero-order valence-electron chi connectivity index (χ0n) is 13.1. The van der Waals surface area contributed by atoms with Gasteiger partial charge in [-0.1, -0.05) is 13.8 Å². The van der Waals surface area contributed by atoms with E-state index in [1.165, 1.54) is 13.0 Å². The molecule has 0 amide bonds. The van der Waals surface area contributed by atoms with E-state index < -0.39 is 20.7 Å². The topological polar surface area (TPSA) is 75.4 Å². The molecule has 0 saturated carbocycles. The van der Waals surface area contributed by atoms with Crippen LogP contribution in [0.15, 0.2) is 17.0 Å². The zero-order chi connectivity index (χ0) is 16.4. The summed E-state index contributed by atoms with van der Waals surface area (Å²) in [4.78, 5) is 1.48. The largest absolute Gasteiger partial charge is 0.399 e. The van der Waals surface area contributed by atoms with E-state index in [0.717, 1.165) is 6.07 Å². The number of anilines is 1. The van der Waals surface area contributed by atoms with Crippen molar-refractivity contribution in [2.24, 2.45) is 5.92 Å². The van der Waals surface area contributed by atoms with Crippen molar-refractivity contribution in [2.45, 2.75) is 31.7 Å². The van der Waals surface area contributed by atoms with Crippen LogP contribution in [-0.2, 0) is 10.0 Å².